The van der Waals surface area contributed by atoms with Gasteiger partial charge < -0.3 is 9.47 Å². The van der Waals surface area contributed by atoms with Gasteiger partial charge in [-0.2, -0.15) is 0 Å². The number of hydrogen-bond donors (Lipinski definition) is 0. The molecule has 0 saturated carbocycles. The summed E-state index contributed by atoms with van der Waals surface area (Å²) >= 11 is 6.58. The van der Waals surface area contributed by atoms with Gasteiger partial charge in [-0.1, -0.05) is 13.8 Å². The molecule has 90 valence electrons. The molecule has 0 amide bonds. The number of methoxy groups -OCH3 is 2. The monoisotopic (exact) mass is 242 g/mol. The van der Waals surface area contributed by atoms with Crippen molar-refractivity contribution in [1.29, 1.82) is 0 Å². The molecule has 16 heavy (non-hydrogen) atoms. The van der Waals surface area contributed by atoms with Gasteiger partial charge in [-0.15, -0.1) is 11.6 Å². The SMILES string of the molecule is CCC(Cl)(CC)c1cc(OC)cc(OC)c1. The van der Waals surface area contributed by atoms with Crippen LogP contribution in [0.4, 0.5) is 0 Å². The fraction of sp³-hybridized carbons (Fsp3) is 0.538. The second-order valence-corrected chi connectivity index (χ2v) is 4.50. The first-order valence-electron chi connectivity index (χ1n) is 5.52. The Morgan fingerprint density at radius 3 is 1.75 bits per heavy atom. The molecule has 0 saturated heterocycles. The quantitative estimate of drug-likeness (QED) is 0.728. The van der Waals surface area contributed by atoms with Gasteiger partial charge in [-0.25, -0.2) is 0 Å². The molecular formula is C13H19ClO2. The summed E-state index contributed by atoms with van der Waals surface area (Å²) < 4.78 is 10.5. The van der Waals surface area contributed by atoms with Crippen LogP contribution in [-0.2, 0) is 4.87 Å². The van der Waals surface area contributed by atoms with Crippen LogP contribution in [-0.4, -0.2) is 14.2 Å². The lowest BCUT2D eigenvalue weighted by molar-refractivity contribution is 0.391. The number of halogens is 1. The molecule has 0 bridgehead atoms. The van der Waals surface area contributed by atoms with Crippen molar-refractivity contribution in [2.24, 2.45) is 0 Å². The molecule has 0 unspecified atom stereocenters. The van der Waals surface area contributed by atoms with Gasteiger partial charge in [0.15, 0.2) is 0 Å². The van der Waals surface area contributed by atoms with E-state index in [-0.39, 0.29) is 4.87 Å². The van der Waals surface area contributed by atoms with Gasteiger partial charge in [0.1, 0.15) is 11.5 Å². The zero-order chi connectivity index (χ0) is 12.2. The van der Waals surface area contributed by atoms with E-state index in [1.165, 1.54) is 0 Å². The number of ether oxygens (including phenoxy) is 2. The van der Waals surface area contributed by atoms with Gasteiger partial charge in [0, 0.05) is 6.07 Å². The van der Waals surface area contributed by atoms with Crippen LogP contribution in [0.25, 0.3) is 0 Å². The molecule has 0 radical (unpaired) electrons. The molecule has 2 nitrogen and oxygen atoms in total. The van der Waals surface area contributed by atoms with E-state index in [9.17, 15) is 0 Å². The second kappa shape index (κ2) is 5.44. The summed E-state index contributed by atoms with van der Waals surface area (Å²) in [5, 5.41) is 0. The lowest BCUT2D eigenvalue weighted by atomic mass is 9.92. The maximum absolute atomic E-state index is 6.58. The maximum Gasteiger partial charge on any atom is 0.122 e. The normalized spacial score (nSPS) is 11.3. The van der Waals surface area contributed by atoms with Crippen molar-refractivity contribution in [1.82, 2.24) is 0 Å². The molecule has 0 N–H and O–H groups in total. The first-order chi connectivity index (χ1) is 7.59. The Morgan fingerprint density at radius 1 is 1.00 bits per heavy atom. The number of hydrogen-bond acceptors (Lipinski definition) is 2. The van der Waals surface area contributed by atoms with Crippen molar-refractivity contribution < 1.29 is 9.47 Å². The summed E-state index contributed by atoms with van der Waals surface area (Å²) in [5.74, 6) is 1.56. The van der Waals surface area contributed by atoms with Crippen molar-refractivity contribution in [2.45, 2.75) is 31.6 Å². The highest BCUT2D eigenvalue weighted by Crippen LogP contribution is 2.39. The van der Waals surface area contributed by atoms with E-state index in [1.807, 2.05) is 18.2 Å². The molecule has 0 atom stereocenters. The summed E-state index contributed by atoms with van der Waals surface area (Å²) in [7, 11) is 3.29. The number of rotatable bonds is 5. The molecule has 0 heterocycles. The third-order valence-corrected chi connectivity index (χ3v) is 3.74. The minimum Gasteiger partial charge on any atom is -0.497 e. The Morgan fingerprint density at radius 2 is 1.44 bits per heavy atom. The van der Waals surface area contributed by atoms with E-state index >= 15 is 0 Å². The largest absolute Gasteiger partial charge is 0.497 e. The van der Waals surface area contributed by atoms with Gasteiger partial charge in [0.25, 0.3) is 0 Å². The molecule has 0 fully saturated rings. The number of benzene rings is 1. The molecule has 0 spiro atoms. The van der Waals surface area contributed by atoms with Crippen LogP contribution in [0.3, 0.4) is 0 Å². The third kappa shape index (κ3) is 2.62. The first-order valence-corrected chi connectivity index (χ1v) is 5.90. The van der Waals surface area contributed by atoms with Gasteiger partial charge in [-0.05, 0) is 30.5 Å². The Balaban J connectivity index is 3.21. The second-order valence-electron chi connectivity index (χ2n) is 3.77. The Hall–Kier alpha value is -0.890. The predicted octanol–water partition coefficient (Wildman–Crippen LogP) is 3.96. The van der Waals surface area contributed by atoms with E-state index < -0.39 is 0 Å². The molecular weight excluding hydrogens is 224 g/mol. The lowest BCUT2D eigenvalue weighted by Gasteiger charge is -2.25. The molecule has 1 aromatic rings. The standard InChI is InChI=1S/C13H19ClO2/c1-5-13(14,6-2)10-7-11(15-3)9-12(8-10)16-4/h7-9H,5-6H2,1-4H3. The summed E-state index contributed by atoms with van der Waals surface area (Å²) in [6, 6.07) is 5.80. The van der Waals surface area contributed by atoms with E-state index in [0.29, 0.717) is 0 Å². The first kappa shape index (κ1) is 13.2. The average Bonchev–Trinajstić information content (AvgIpc) is 2.36. The van der Waals surface area contributed by atoms with E-state index in [4.69, 9.17) is 21.1 Å². The van der Waals surface area contributed by atoms with Crippen LogP contribution in [0.1, 0.15) is 32.3 Å². The van der Waals surface area contributed by atoms with Gasteiger partial charge in [0.2, 0.25) is 0 Å². The van der Waals surface area contributed by atoms with Crippen molar-refractivity contribution in [2.75, 3.05) is 14.2 Å². The molecule has 1 aromatic carbocycles. The summed E-state index contributed by atoms with van der Waals surface area (Å²) in [4.78, 5) is -0.332. The Labute approximate surface area is 103 Å². The summed E-state index contributed by atoms with van der Waals surface area (Å²) in [6.45, 7) is 4.17. The van der Waals surface area contributed by atoms with Crippen LogP contribution in [0.5, 0.6) is 11.5 Å². The molecule has 3 heteroatoms. The van der Waals surface area contributed by atoms with E-state index in [0.717, 1.165) is 29.9 Å². The highest BCUT2D eigenvalue weighted by atomic mass is 35.5. The predicted molar refractivity (Wildman–Crippen MR) is 67.7 cm³/mol. The topological polar surface area (TPSA) is 18.5 Å². The molecule has 0 aromatic heterocycles. The van der Waals surface area contributed by atoms with Gasteiger partial charge in [0.05, 0.1) is 19.1 Å². The molecule has 1 rings (SSSR count). The Kier molecular flexibility index (Phi) is 4.48. The van der Waals surface area contributed by atoms with Gasteiger partial charge >= 0.3 is 0 Å². The average molecular weight is 243 g/mol. The van der Waals surface area contributed by atoms with Crippen LogP contribution < -0.4 is 9.47 Å². The molecule has 0 aliphatic carbocycles. The van der Waals surface area contributed by atoms with Crippen LogP contribution >= 0.6 is 11.6 Å². The van der Waals surface area contributed by atoms with Gasteiger partial charge in [-0.3, -0.25) is 0 Å². The van der Waals surface area contributed by atoms with Crippen LogP contribution in [0.15, 0.2) is 18.2 Å². The highest BCUT2D eigenvalue weighted by Gasteiger charge is 2.26. The van der Waals surface area contributed by atoms with E-state index in [2.05, 4.69) is 13.8 Å². The summed E-state index contributed by atoms with van der Waals surface area (Å²) in [5.41, 5.74) is 1.05. The fourth-order valence-electron chi connectivity index (χ4n) is 1.72. The minimum absolute atomic E-state index is 0.332. The fourth-order valence-corrected chi connectivity index (χ4v) is 1.83. The summed E-state index contributed by atoms with van der Waals surface area (Å²) in [6.07, 6.45) is 1.75. The van der Waals surface area contributed by atoms with Crippen molar-refractivity contribution >= 4 is 11.6 Å². The zero-order valence-corrected chi connectivity index (χ0v) is 11.1. The van der Waals surface area contributed by atoms with Crippen molar-refractivity contribution in [3.05, 3.63) is 23.8 Å². The third-order valence-electron chi connectivity index (χ3n) is 2.99. The van der Waals surface area contributed by atoms with E-state index in [1.54, 1.807) is 14.2 Å². The van der Waals surface area contributed by atoms with Crippen LogP contribution in [0.2, 0.25) is 0 Å². The van der Waals surface area contributed by atoms with Crippen LogP contribution in [0, 0.1) is 0 Å². The molecule has 0 aliphatic rings. The highest BCUT2D eigenvalue weighted by molar-refractivity contribution is 6.24. The molecule has 0 aliphatic heterocycles. The Bertz CT molecular complexity index is 324. The minimum atomic E-state index is -0.332. The maximum atomic E-state index is 6.58. The smallest absolute Gasteiger partial charge is 0.122 e. The lowest BCUT2D eigenvalue weighted by Crippen LogP contribution is -2.16. The zero-order valence-electron chi connectivity index (χ0n) is 10.3. The van der Waals surface area contributed by atoms with Crippen molar-refractivity contribution in [3.63, 3.8) is 0 Å². The van der Waals surface area contributed by atoms with Crippen molar-refractivity contribution in [3.8, 4) is 11.5 Å². The number of alkyl halides is 1.